The first-order valence-corrected chi connectivity index (χ1v) is 6.52. The molecule has 2 rings (SSSR count). The molecule has 1 aliphatic rings. The van der Waals surface area contributed by atoms with Crippen molar-refractivity contribution in [2.45, 2.75) is 39.3 Å². The minimum atomic E-state index is -0.609. The molecule has 0 aromatic carbocycles. The number of hydrogen-bond acceptors (Lipinski definition) is 5. The van der Waals surface area contributed by atoms with Crippen LogP contribution in [-0.4, -0.2) is 29.0 Å². The SMILES string of the molecule is CCOC(=O)c1cc(C)nn(C2CCCCO2)c1=O. The summed E-state index contributed by atoms with van der Waals surface area (Å²) in [5.74, 6) is -0.609. The normalized spacial score (nSPS) is 19.2. The van der Waals surface area contributed by atoms with Crippen molar-refractivity contribution in [3.05, 3.63) is 27.7 Å². The molecule has 0 spiro atoms. The third kappa shape index (κ3) is 3.01. The van der Waals surface area contributed by atoms with Crippen molar-refractivity contribution < 1.29 is 14.3 Å². The minimum absolute atomic E-state index is 0.0172. The second-order valence-corrected chi connectivity index (χ2v) is 4.49. The van der Waals surface area contributed by atoms with Gasteiger partial charge in [0.25, 0.3) is 5.56 Å². The van der Waals surface area contributed by atoms with Crippen LogP contribution < -0.4 is 5.56 Å². The summed E-state index contributed by atoms with van der Waals surface area (Å²) in [4.78, 5) is 24.0. The van der Waals surface area contributed by atoms with E-state index in [1.54, 1.807) is 13.8 Å². The third-order valence-corrected chi connectivity index (χ3v) is 2.98. The zero-order valence-corrected chi connectivity index (χ0v) is 11.2. The van der Waals surface area contributed by atoms with E-state index in [0.717, 1.165) is 19.3 Å². The van der Waals surface area contributed by atoms with Crippen molar-refractivity contribution in [1.82, 2.24) is 9.78 Å². The topological polar surface area (TPSA) is 70.4 Å². The second-order valence-electron chi connectivity index (χ2n) is 4.49. The molecule has 1 fully saturated rings. The van der Waals surface area contributed by atoms with Gasteiger partial charge in [-0.2, -0.15) is 9.78 Å². The van der Waals surface area contributed by atoms with E-state index in [2.05, 4.69) is 5.10 Å². The van der Waals surface area contributed by atoms with E-state index in [4.69, 9.17) is 9.47 Å². The molecule has 1 unspecified atom stereocenters. The van der Waals surface area contributed by atoms with Crippen LogP contribution in [-0.2, 0) is 9.47 Å². The van der Waals surface area contributed by atoms with Crippen LogP contribution in [0.1, 0.15) is 48.5 Å². The molecular formula is C13H18N2O4. The van der Waals surface area contributed by atoms with Crippen LogP contribution in [0.2, 0.25) is 0 Å². The fourth-order valence-corrected chi connectivity index (χ4v) is 2.11. The van der Waals surface area contributed by atoms with Crippen molar-refractivity contribution in [2.24, 2.45) is 0 Å². The molecule has 1 saturated heterocycles. The van der Waals surface area contributed by atoms with Crippen LogP contribution in [0.5, 0.6) is 0 Å². The first-order chi connectivity index (χ1) is 9.13. The summed E-state index contributed by atoms with van der Waals surface area (Å²) in [6, 6.07) is 1.46. The molecule has 6 nitrogen and oxygen atoms in total. The average Bonchev–Trinajstić information content (AvgIpc) is 2.42. The van der Waals surface area contributed by atoms with Crippen LogP contribution >= 0.6 is 0 Å². The van der Waals surface area contributed by atoms with Gasteiger partial charge in [0, 0.05) is 6.61 Å². The lowest BCUT2D eigenvalue weighted by molar-refractivity contribution is -0.0429. The lowest BCUT2D eigenvalue weighted by Crippen LogP contribution is -2.35. The van der Waals surface area contributed by atoms with E-state index in [-0.39, 0.29) is 18.4 Å². The van der Waals surface area contributed by atoms with Crippen molar-refractivity contribution in [3.8, 4) is 0 Å². The molecule has 0 bridgehead atoms. The second kappa shape index (κ2) is 5.97. The van der Waals surface area contributed by atoms with Gasteiger partial charge in [-0.1, -0.05) is 0 Å². The Morgan fingerprint density at radius 3 is 3.00 bits per heavy atom. The summed E-state index contributed by atoms with van der Waals surface area (Å²) in [6.07, 6.45) is 2.33. The Balaban J connectivity index is 2.38. The number of nitrogens with zero attached hydrogens (tertiary/aromatic N) is 2. The summed E-state index contributed by atoms with van der Waals surface area (Å²) in [5.41, 5.74) is 0.163. The van der Waals surface area contributed by atoms with Gasteiger partial charge in [0.2, 0.25) is 0 Å². The number of ether oxygens (including phenoxy) is 2. The smallest absolute Gasteiger partial charge is 0.343 e. The molecule has 0 saturated carbocycles. The Labute approximate surface area is 111 Å². The number of aryl methyl sites for hydroxylation is 1. The first-order valence-electron chi connectivity index (χ1n) is 6.52. The van der Waals surface area contributed by atoms with Crippen LogP contribution in [0, 0.1) is 6.92 Å². The molecule has 1 aromatic heterocycles. The molecule has 6 heteroatoms. The van der Waals surface area contributed by atoms with Crippen molar-refractivity contribution in [3.63, 3.8) is 0 Å². The van der Waals surface area contributed by atoms with Gasteiger partial charge in [0.15, 0.2) is 6.23 Å². The lowest BCUT2D eigenvalue weighted by Gasteiger charge is -2.23. The number of aromatic nitrogens is 2. The lowest BCUT2D eigenvalue weighted by atomic mass is 10.2. The molecule has 1 atom stereocenters. The van der Waals surface area contributed by atoms with Crippen molar-refractivity contribution in [2.75, 3.05) is 13.2 Å². The van der Waals surface area contributed by atoms with Gasteiger partial charge in [-0.3, -0.25) is 4.79 Å². The summed E-state index contributed by atoms with van der Waals surface area (Å²) < 4.78 is 11.7. The van der Waals surface area contributed by atoms with Gasteiger partial charge < -0.3 is 9.47 Å². The predicted molar refractivity (Wildman–Crippen MR) is 68.0 cm³/mol. The highest BCUT2D eigenvalue weighted by Crippen LogP contribution is 2.20. The van der Waals surface area contributed by atoms with E-state index in [9.17, 15) is 9.59 Å². The molecule has 19 heavy (non-hydrogen) atoms. The minimum Gasteiger partial charge on any atom is -0.462 e. The Morgan fingerprint density at radius 1 is 1.58 bits per heavy atom. The number of carbonyl (C=O) groups is 1. The largest absolute Gasteiger partial charge is 0.462 e. The molecule has 0 amide bonds. The van der Waals surface area contributed by atoms with Crippen molar-refractivity contribution in [1.29, 1.82) is 0 Å². The maximum Gasteiger partial charge on any atom is 0.343 e. The summed E-state index contributed by atoms with van der Waals surface area (Å²) in [6.45, 7) is 4.29. The monoisotopic (exact) mass is 266 g/mol. The molecule has 0 radical (unpaired) electrons. The average molecular weight is 266 g/mol. The van der Waals surface area contributed by atoms with E-state index >= 15 is 0 Å². The van der Waals surface area contributed by atoms with Gasteiger partial charge in [-0.15, -0.1) is 0 Å². The number of carbonyl (C=O) groups excluding carboxylic acids is 1. The van der Waals surface area contributed by atoms with Crippen LogP contribution in [0.3, 0.4) is 0 Å². The zero-order chi connectivity index (χ0) is 13.8. The number of esters is 1. The summed E-state index contributed by atoms with van der Waals surface area (Å²) >= 11 is 0. The van der Waals surface area contributed by atoms with Crippen LogP contribution in [0.25, 0.3) is 0 Å². The quantitative estimate of drug-likeness (QED) is 0.774. The molecule has 1 aliphatic heterocycles. The van der Waals surface area contributed by atoms with E-state index in [0.29, 0.717) is 12.3 Å². The maximum atomic E-state index is 12.3. The van der Waals surface area contributed by atoms with Gasteiger partial charge in [0.05, 0.1) is 12.3 Å². The molecule has 0 aliphatic carbocycles. The van der Waals surface area contributed by atoms with E-state index in [1.807, 2.05) is 0 Å². The molecule has 0 N–H and O–H groups in total. The Morgan fingerprint density at radius 2 is 2.37 bits per heavy atom. The number of rotatable bonds is 3. The highest BCUT2D eigenvalue weighted by Gasteiger charge is 2.22. The fraction of sp³-hybridized carbons (Fsp3) is 0.615. The maximum absolute atomic E-state index is 12.3. The Kier molecular flexibility index (Phi) is 4.31. The standard InChI is InChI=1S/C13H18N2O4/c1-3-18-13(17)10-8-9(2)14-15(12(10)16)11-6-4-5-7-19-11/h8,11H,3-7H2,1-2H3. The van der Waals surface area contributed by atoms with Gasteiger partial charge in [-0.25, -0.2) is 4.79 Å². The molecular weight excluding hydrogens is 248 g/mol. The van der Waals surface area contributed by atoms with E-state index in [1.165, 1.54) is 10.7 Å². The predicted octanol–water partition coefficient (Wildman–Crippen LogP) is 1.43. The fourth-order valence-electron chi connectivity index (χ4n) is 2.11. The molecule has 1 aromatic rings. The van der Waals surface area contributed by atoms with E-state index < -0.39 is 11.5 Å². The number of hydrogen-bond donors (Lipinski definition) is 0. The Hall–Kier alpha value is -1.69. The Bertz CT molecular complexity index is 518. The van der Waals surface area contributed by atoms with Gasteiger partial charge >= 0.3 is 5.97 Å². The van der Waals surface area contributed by atoms with Crippen molar-refractivity contribution >= 4 is 5.97 Å². The zero-order valence-electron chi connectivity index (χ0n) is 11.2. The highest BCUT2D eigenvalue weighted by molar-refractivity contribution is 5.88. The molecule has 104 valence electrons. The summed E-state index contributed by atoms with van der Waals surface area (Å²) in [7, 11) is 0. The van der Waals surface area contributed by atoms with Crippen LogP contribution in [0.15, 0.2) is 10.9 Å². The van der Waals surface area contributed by atoms with Crippen LogP contribution in [0.4, 0.5) is 0 Å². The van der Waals surface area contributed by atoms with Gasteiger partial charge in [-0.05, 0) is 39.2 Å². The third-order valence-electron chi connectivity index (χ3n) is 2.98. The highest BCUT2D eigenvalue weighted by atomic mass is 16.5. The van der Waals surface area contributed by atoms with Gasteiger partial charge in [0.1, 0.15) is 5.56 Å². The first kappa shape index (κ1) is 13.7. The summed E-state index contributed by atoms with van der Waals surface area (Å²) in [5, 5.41) is 4.17. The molecule has 2 heterocycles.